The van der Waals surface area contributed by atoms with E-state index in [1.165, 1.54) is 38.1 Å². The van der Waals surface area contributed by atoms with Gasteiger partial charge < -0.3 is 5.32 Å². The lowest BCUT2D eigenvalue weighted by molar-refractivity contribution is 0.673. The third kappa shape index (κ3) is 1.24. The van der Waals surface area contributed by atoms with Gasteiger partial charge in [-0.2, -0.15) is 11.8 Å². The van der Waals surface area contributed by atoms with Crippen molar-refractivity contribution in [1.29, 1.82) is 0 Å². The lowest BCUT2D eigenvalue weighted by Gasteiger charge is -2.07. The number of hydrogen-bond acceptors (Lipinski definition) is 2. The first-order valence-electron chi connectivity index (χ1n) is 3.76. The molecule has 1 N–H and O–H groups in total. The molecule has 1 aliphatic carbocycles. The van der Waals surface area contributed by atoms with Crippen molar-refractivity contribution in [1.82, 2.24) is 5.32 Å². The predicted octanol–water partition coefficient (Wildman–Crippen LogP) is 1.25. The van der Waals surface area contributed by atoms with Gasteiger partial charge in [-0.1, -0.05) is 0 Å². The number of hydrogen-bond donors (Lipinski definition) is 1. The highest BCUT2D eigenvalue weighted by Crippen LogP contribution is 2.51. The molecule has 0 amide bonds. The summed E-state index contributed by atoms with van der Waals surface area (Å²) < 4.78 is 0.767. The van der Waals surface area contributed by atoms with Crippen LogP contribution in [0.5, 0.6) is 0 Å². The molecule has 1 nitrogen and oxygen atoms in total. The van der Waals surface area contributed by atoms with Gasteiger partial charge in [0.2, 0.25) is 0 Å². The van der Waals surface area contributed by atoms with Gasteiger partial charge in [-0.05, 0) is 25.8 Å². The second-order valence-electron chi connectivity index (χ2n) is 3.03. The van der Waals surface area contributed by atoms with E-state index in [0.29, 0.717) is 0 Å². The average molecular weight is 143 g/mol. The molecule has 0 atom stereocenters. The number of nitrogens with one attached hydrogen (secondary N) is 1. The molecule has 0 aromatic heterocycles. The van der Waals surface area contributed by atoms with Crippen LogP contribution in [0.1, 0.15) is 19.3 Å². The summed E-state index contributed by atoms with van der Waals surface area (Å²) in [5, 5.41) is 3.42. The van der Waals surface area contributed by atoms with Crippen LogP contribution in [0.2, 0.25) is 0 Å². The fourth-order valence-corrected chi connectivity index (χ4v) is 2.70. The molecule has 1 saturated carbocycles. The largest absolute Gasteiger partial charge is 0.316 e. The summed E-state index contributed by atoms with van der Waals surface area (Å²) in [6.45, 7) is 2.49. The monoisotopic (exact) mass is 143 g/mol. The normalized spacial score (nSPS) is 32.0. The summed E-state index contributed by atoms with van der Waals surface area (Å²) in [6, 6.07) is 0. The minimum atomic E-state index is 0.767. The molecule has 2 fully saturated rings. The Balaban J connectivity index is 1.92. The van der Waals surface area contributed by atoms with Crippen molar-refractivity contribution < 1.29 is 0 Å². The lowest BCUT2D eigenvalue weighted by atomic mass is 10.3. The zero-order chi connectivity index (χ0) is 6.16. The Morgan fingerprint density at radius 3 is 2.78 bits per heavy atom. The van der Waals surface area contributed by atoms with Crippen LogP contribution >= 0.6 is 11.8 Å². The Morgan fingerprint density at radius 1 is 1.11 bits per heavy atom. The maximum Gasteiger partial charge on any atom is 0.0173 e. The van der Waals surface area contributed by atoms with E-state index in [9.17, 15) is 0 Å². The van der Waals surface area contributed by atoms with Crippen molar-refractivity contribution in [3.63, 3.8) is 0 Å². The van der Waals surface area contributed by atoms with E-state index >= 15 is 0 Å². The molecule has 2 rings (SSSR count). The first-order valence-corrected chi connectivity index (χ1v) is 4.75. The Morgan fingerprint density at radius 2 is 2.00 bits per heavy atom. The van der Waals surface area contributed by atoms with E-state index in [4.69, 9.17) is 0 Å². The molecule has 1 aliphatic heterocycles. The van der Waals surface area contributed by atoms with Crippen LogP contribution in [0, 0.1) is 0 Å². The highest BCUT2D eigenvalue weighted by Gasteiger charge is 2.42. The van der Waals surface area contributed by atoms with E-state index < -0.39 is 0 Å². The van der Waals surface area contributed by atoms with Crippen LogP contribution in [0.3, 0.4) is 0 Å². The second kappa shape index (κ2) is 2.17. The van der Waals surface area contributed by atoms with Crippen LogP contribution in [0.4, 0.5) is 0 Å². The van der Waals surface area contributed by atoms with Crippen LogP contribution in [0.25, 0.3) is 0 Å². The summed E-state index contributed by atoms with van der Waals surface area (Å²) in [6.07, 6.45) is 4.39. The minimum absolute atomic E-state index is 0.767. The van der Waals surface area contributed by atoms with Gasteiger partial charge in [0.15, 0.2) is 0 Å². The fourth-order valence-electron chi connectivity index (χ4n) is 1.39. The molecule has 0 radical (unpaired) electrons. The smallest absolute Gasteiger partial charge is 0.0173 e. The van der Waals surface area contributed by atoms with Crippen molar-refractivity contribution in [2.45, 2.75) is 24.0 Å². The van der Waals surface area contributed by atoms with Gasteiger partial charge in [0.05, 0.1) is 0 Å². The Kier molecular flexibility index (Phi) is 1.46. The van der Waals surface area contributed by atoms with Gasteiger partial charge in [-0.3, -0.25) is 0 Å². The van der Waals surface area contributed by atoms with Crippen LogP contribution in [0.15, 0.2) is 0 Å². The molecule has 0 aromatic carbocycles. The number of thioether (sulfide) groups is 1. The lowest BCUT2D eigenvalue weighted by Crippen LogP contribution is -2.16. The quantitative estimate of drug-likeness (QED) is 0.547. The highest BCUT2D eigenvalue weighted by atomic mass is 32.2. The van der Waals surface area contributed by atoms with Gasteiger partial charge in [0.25, 0.3) is 0 Å². The Hall–Kier alpha value is 0.310. The standard InChI is InChI=1S/C7H13NS/c1-2-7(1)3-4-8-5-6-9-7/h8H,1-6H2. The van der Waals surface area contributed by atoms with Gasteiger partial charge in [-0.25, -0.2) is 0 Å². The van der Waals surface area contributed by atoms with E-state index in [1.54, 1.807) is 0 Å². The fraction of sp³-hybridized carbons (Fsp3) is 1.00. The van der Waals surface area contributed by atoms with E-state index in [-0.39, 0.29) is 0 Å². The third-order valence-electron chi connectivity index (χ3n) is 2.25. The van der Waals surface area contributed by atoms with Crippen LogP contribution < -0.4 is 5.32 Å². The maximum absolute atomic E-state index is 3.42. The van der Waals surface area contributed by atoms with Crippen molar-refractivity contribution in [2.75, 3.05) is 18.8 Å². The molecule has 0 aromatic rings. The molecule has 2 heteroatoms. The van der Waals surface area contributed by atoms with Crippen LogP contribution in [-0.4, -0.2) is 23.6 Å². The zero-order valence-electron chi connectivity index (χ0n) is 5.65. The molecule has 52 valence electrons. The summed E-state index contributed by atoms with van der Waals surface area (Å²) in [5.41, 5.74) is 0. The van der Waals surface area contributed by atoms with E-state index in [1.807, 2.05) is 0 Å². The average Bonchev–Trinajstić information content (AvgIpc) is 2.64. The topological polar surface area (TPSA) is 12.0 Å². The maximum atomic E-state index is 3.42. The highest BCUT2D eigenvalue weighted by molar-refractivity contribution is 8.00. The molecular formula is C7H13NS. The summed E-state index contributed by atoms with van der Waals surface area (Å²) in [7, 11) is 0. The molecule has 2 aliphatic rings. The zero-order valence-corrected chi connectivity index (χ0v) is 6.47. The Bertz CT molecular complexity index is 99.5. The molecule has 1 spiro atoms. The molecule has 1 heterocycles. The predicted molar refractivity (Wildman–Crippen MR) is 41.9 cm³/mol. The number of rotatable bonds is 0. The van der Waals surface area contributed by atoms with Gasteiger partial charge in [0.1, 0.15) is 0 Å². The minimum Gasteiger partial charge on any atom is -0.316 e. The SMILES string of the molecule is C1CSC2(CCN1)CC2. The molecular weight excluding hydrogens is 130 g/mol. The molecule has 9 heavy (non-hydrogen) atoms. The summed E-state index contributed by atoms with van der Waals surface area (Å²) in [4.78, 5) is 0. The molecule has 1 saturated heterocycles. The van der Waals surface area contributed by atoms with Gasteiger partial charge in [0, 0.05) is 17.0 Å². The van der Waals surface area contributed by atoms with Crippen LogP contribution in [-0.2, 0) is 0 Å². The van der Waals surface area contributed by atoms with E-state index in [0.717, 1.165) is 4.75 Å². The summed E-state index contributed by atoms with van der Waals surface area (Å²) >= 11 is 2.19. The van der Waals surface area contributed by atoms with Crippen molar-refractivity contribution in [3.05, 3.63) is 0 Å². The molecule has 0 unspecified atom stereocenters. The van der Waals surface area contributed by atoms with Crippen molar-refractivity contribution in [3.8, 4) is 0 Å². The Labute approximate surface area is 60.6 Å². The first kappa shape index (κ1) is 6.05. The van der Waals surface area contributed by atoms with Gasteiger partial charge in [-0.15, -0.1) is 0 Å². The van der Waals surface area contributed by atoms with Gasteiger partial charge >= 0.3 is 0 Å². The second-order valence-corrected chi connectivity index (χ2v) is 4.59. The van der Waals surface area contributed by atoms with E-state index in [2.05, 4.69) is 17.1 Å². The van der Waals surface area contributed by atoms with Crippen molar-refractivity contribution >= 4 is 11.8 Å². The first-order chi connectivity index (χ1) is 4.41. The third-order valence-corrected chi connectivity index (χ3v) is 3.89. The summed E-state index contributed by atoms with van der Waals surface area (Å²) in [5.74, 6) is 1.33. The van der Waals surface area contributed by atoms with Crippen molar-refractivity contribution in [2.24, 2.45) is 0 Å². The molecule has 0 bridgehead atoms.